The van der Waals surface area contributed by atoms with E-state index in [1.54, 1.807) is 0 Å². The first kappa shape index (κ1) is 24.4. The number of amides is 1. The number of rotatable bonds is 7. The molecule has 2 aromatic carbocycles. The molecule has 1 heterocycles. The average Bonchev–Trinajstić information content (AvgIpc) is 2.87. The summed E-state index contributed by atoms with van der Waals surface area (Å²) in [6.07, 6.45) is 5.53. The highest BCUT2D eigenvalue weighted by Crippen LogP contribution is 2.26. The number of sulfonamides is 1. The number of benzene rings is 2. The minimum atomic E-state index is -3.78. The van der Waals surface area contributed by atoms with Crippen molar-refractivity contribution in [2.75, 3.05) is 13.1 Å². The van der Waals surface area contributed by atoms with Gasteiger partial charge in [-0.1, -0.05) is 49.6 Å². The lowest BCUT2D eigenvalue weighted by Crippen LogP contribution is -2.38. The fourth-order valence-electron chi connectivity index (χ4n) is 4.67. The lowest BCUT2D eigenvalue weighted by atomic mass is 9.89. The number of fused-ring (bicyclic) bond motifs is 1. The summed E-state index contributed by atoms with van der Waals surface area (Å²) in [5, 5.41) is 2.88. The van der Waals surface area contributed by atoms with Gasteiger partial charge in [0.2, 0.25) is 10.0 Å². The standard InChI is InChI=1S/C26H32N2O5S/c1-19(25(29)27-17-20-8-3-2-4-9-20)33-26(30)22-12-7-13-24(16-22)34(31,32)28-15-14-21-10-5-6-11-23(21)18-28/h5-7,10-13,16,19-20H,2-4,8-9,14-15,17-18H2,1H3,(H,27,29). The molecule has 1 aliphatic heterocycles. The predicted molar refractivity (Wildman–Crippen MR) is 129 cm³/mol. The Kier molecular flexibility index (Phi) is 7.68. The summed E-state index contributed by atoms with van der Waals surface area (Å²) in [6, 6.07) is 13.6. The van der Waals surface area contributed by atoms with Crippen LogP contribution in [-0.2, 0) is 32.5 Å². The molecule has 0 aromatic heterocycles. The summed E-state index contributed by atoms with van der Waals surface area (Å²) in [5.74, 6) is -0.583. The molecule has 34 heavy (non-hydrogen) atoms. The van der Waals surface area contributed by atoms with E-state index in [0.29, 0.717) is 32.0 Å². The van der Waals surface area contributed by atoms with Gasteiger partial charge in [0, 0.05) is 19.6 Å². The van der Waals surface area contributed by atoms with Gasteiger partial charge in [-0.15, -0.1) is 0 Å². The van der Waals surface area contributed by atoms with Gasteiger partial charge in [0.15, 0.2) is 6.10 Å². The second-order valence-corrected chi connectivity index (χ2v) is 11.1. The Balaban J connectivity index is 1.38. The summed E-state index contributed by atoms with van der Waals surface area (Å²) in [7, 11) is -3.78. The summed E-state index contributed by atoms with van der Waals surface area (Å²) in [6.45, 7) is 2.80. The number of esters is 1. The van der Waals surface area contributed by atoms with E-state index in [1.807, 2.05) is 24.3 Å². The quantitative estimate of drug-likeness (QED) is 0.606. The van der Waals surface area contributed by atoms with Crippen LogP contribution in [0.1, 0.15) is 60.5 Å². The summed E-state index contributed by atoms with van der Waals surface area (Å²) in [4.78, 5) is 25.1. The van der Waals surface area contributed by atoms with Crippen LogP contribution in [0.3, 0.4) is 0 Å². The monoisotopic (exact) mass is 484 g/mol. The predicted octanol–water partition coefficient (Wildman–Crippen LogP) is 3.68. The number of nitrogens with one attached hydrogen (secondary N) is 1. The maximum absolute atomic E-state index is 13.2. The van der Waals surface area contributed by atoms with Gasteiger partial charge in [-0.2, -0.15) is 4.31 Å². The Morgan fingerprint density at radius 1 is 1.06 bits per heavy atom. The third-order valence-electron chi connectivity index (χ3n) is 6.75. The van der Waals surface area contributed by atoms with Crippen LogP contribution in [0.15, 0.2) is 53.4 Å². The maximum Gasteiger partial charge on any atom is 0.338 e. The first-order chi connectivity index (χ1) is 16.3. The fourth-order valence-corrected chi connectivity index (χ4v) is 6.13. The molecule has 182 valence electrons. The van der Waals surface area contributed by atoms with Crippen molar-refractivity contribution in [2.45, 2.75) is 63.0 Å². The van der Waals surface area contributed by atoms with Crippen molar-refractivity contribution in [2.24, 2.45) is 5.92 Å². The van der Waals surface area contributed by atoms with E-state index in [1.165, 1.54) is 54.8 Å². The molecule has 1 atom stereocenters. The molecule has 0 spiro atoms. The van der Waals surface area contributed by atoms with Gasteiger partial charge in [-0.3, -0.25) is 4.79 Å². The van der Waals surface area contributed by atoms with Crippen molar-refractivity contribution < 1.29 is 22.7 Å². The molecule has 2 aromatic rings. The molecule has 2 aliphatic rings. The molecule has 1 unspecified atom stereocenters. The molecule has 1 amide bonds. The summed E-state index contributed by atoms with van der Waals surface area (Å²) >= 11 is 0. The van der Waals surface area contributed by atoms with E-state index >= 15 is 0 Å². The van der Waals surface area contributed by atoms with Crippen molar-refractivity contribution in [3.05, 3.63) is 65.2 Å². The highest BCUT2D eigenvalue weighted by molar-refractivity contribution is 7.89. The van der Waals surface area contributed by atoms with E-state index in [2.05, 4.69) is 5.32 Å². The largest absolute Gasteiger partial charge is 0.449 e. The van der Waals surface area contributed by atoms with Crippen LogP contribution < -0.4 is 5.32 Å². The van der Waals surface area contributed by atoms with E-state index in [4.69, 9.17) is 4.74 Å². The molecular formula is C26H32N2O5S. The average molecular weight is 485 g/mol. The van der Waals surface area contributed by atoms with Gasteiger partial charge >= 0.3 is 5.97 Å². The highest BCUT2D eigenvalue weighted by Gasteiger charge is 2.29. The van der Waals surface area contributed by atoms with Crippen LogP contribution in [0.25, 0.3) is 0 Å². The molecule has 1 saturated carbocycles. The second kappa shape index (κ2) is 10.7. The lowest BCUT2D eigenvalue weighted by molar-refractivity contribution is -0.129. The topological polar surface area (TPSA) is 92.8 Å². The third kappa shape index (κ3) is 5.67. The van der Waals surface area contributed by atoms with Gasteiger partial charge in [-0.25, -0.2) is 13.2 Å². The van der Waals surface area contributed by atoms with Crippen molar-refractivity contribution >= 4 is 21.9 Å². The molecule has 0 radical (unpaired) electrons. The zero-order valence-corrected chi connectivity index (χ0v) is 20.4. The number of hydrogen-bond donors (Lipinski definition) is 1. The Hall–Kier alpha value is -2.71. The van der Waals surface area contributed by atoms with Gasteiger partial charge in [0.1, 0.15) is 0 Å². The number of nitrogens with zero attached hydrogens (tertiary/aromatic N) is 1. The molecule has 7 nitrogen and oxygen atoms in total. The molecule has 1 aliphatic carbocycles. The molecule has 0 saturated heterocycles. The fraction of sp³-hybridized carbons (Fsp3) is 0.462. The minimum absolute atomic E-state index is 0.0377. The summed E-state index contributed by atoms with van der Waals surface area (Å²) in [5.41, 5.74) is 2.24. The van der Waals surface area contributed by atoms with Crippen LogP contribution in [0.5, 0.6) is 0 Å². The van der Waals surface area contributed by atoms with Crippen LogP contribution in [-0.4, -0.2) is 43.8 Å². The van der Waals surface area contributed by atoms with Crippen LogP contribution >= 0.6 is 0 Å². The summed E-state index contributed by atoms with van der Waals surface area (Å²) < 4.78 is 33.3. The van der Waals surface area contributed by atoms with E-state index < -0.39 is 22.1 Å². The molecule has 8 heteroatoms. The Labute approximate surface area is 201 Å². The Morgan fingerprint density at radius 2 is 1.79 bits per heavy atom. The van der Waals surface area contributed by atoms with E-state index in [0.717, 1.165) is 24.0 Å². The Bertz CT molecular complexity index is 1140. The van der Waals surface area contributed by atoms with Crippen molar-refractivity contribution in [3.8, 4) is 0 Å². The number of ether oxygens (including phenoxy) is 1. The zero-order chi connectivity index (χ0) is 24.1. The van der Waals surface area contributed by atoms with Crippen molar-refractivity contribution in [1.82, 2.24) is 9.62 Å². The Morgan fingerprint density at radius 3 is 2.56 bits per heavy atom. The lowest BCUT2D eigenvalue weighted by Gasteiger charge is -2.28. The molecule has 4 rings (SSSR count). The molecular weight excluding hydrogens is 452 g/mol. The highest BCUT2D eigenvalue weighted by atomic mass is 32.2. The van der Waals surface area contributed by atoms with Crippen LogP contribution in [0.2, 0.25) is 0 Å². The van der Waals surface area contributed by atoms with Gasteiger partial charge in [0.05, 0.1) is 10.5 Å². The van der Waals surface area contributed by atoms with Gasteiger partial charge < -0.3 is 10.1 Å². The first-order valence-electron chi connectivity index (χ1n) is 12.0. The number of hydrogen-bond acceptors (Lipinski definition) is 5. The molecule has 0 bridgehead atoms. The smallest absolute Gasteiger partial charge is 0.338 e. The van der Waals surface area contributed by atoms with Gasteiger partial charge in [0.25, 0.3) is 5.91 Å². The van der Waals surface area contributed by atoms with Crippen molar-refractivity contribution in [3.63, 3.8) is 0 Å². The van der Waals surface area contributed by atoms with E-state index in [-0.39, 0.29) is 16.4 Å². The zero-order valence-electron chi connectivity index (χ0n) is 19.5. The maximum atomic E-state index is 13.2. The van der Waals surface area contributed by atoms with Crippen LogP contribution in [0.4, 0.5) is 0 Å². The molecule has 1 fully saturated rings. The van der Waals surface area contributed by atoms with E-state index in [9.17, 15) is 18.0 Å². The normalized spacial score (nSPS) is 18.0. The minimum Gasteiger partial charge on any atom is -0.449 e. The number of carbonyl (C=O) groups is 2. The van der Waals surface area contributed by atoms with Gasteiger partial charge in [-0.05, 0) is 61.4 Å². The molecule has 1 N–H and O–H groups in total. The SMILES string of the molecule is CC(OC(=O)c1cccc(S(=O)(=O)N2CCc3ccccc3C2)c1)C(=O)NCC1CCCCC1. The van der Waals surface area contributed by atoms with Crippen LogP contribution in [0, 0.1) is 5.92 Å². The first-order valence-corrected chi connectivity index (χ1v) is 13.4. The second-order valence-electron chi connectivity index (χ2n) is 9.18. The van der Waals surface area contributed by atoms with Crippen molar-refractivity contribution in [1.29, 1.82) is 0 Å². The third-order valence-corrected chi connectivity index (χ3v) is 8.59. The number of carbonyl (C=O) groups excluding carboxylic acids is 2.